The van der Waals surface area contributed by atoms with Gasteiger partial charge in [-0.1, -0.05) is 23.7 Å². The molecule has 0 bridgehead atoms. The molecule has 1 fully saturated rings. The van der Waals surface area contributed by atoms with E-state index in [1.807, 2.05) is 49.9 Å². The third-order valence-electron chi connectivity index (χ3n) is 4.53. The van der Waals surface area contributed by atoms with Gasteiger partial charge in [-0.3, -0.25) is 4.79 Å². The molecule has 2 rings (SSSR count). The second-order valence-corrected chi connectivity index (χ2v) is 6.96. The molecular weight excluding hydrogens is 286 g/mol. The van der Waals surface area contributed by atoms with Crippen molar-refractivity contribution in [3.05, 3.63) is 34.9 Å². The molecule has 4 heteroatoms. The first-order valence-electron chi connectivity index (χ1n) is 7.56. The summed E-state index contributed by atoms with van der Waals surface area (Å²) in [4.78, 5) is 14.8. The fraction of sp³-hybridized carbons (Fsp3) is 0.588. The number of hydrogen-bond acceptors (Lipinski definition) is 2. The zero-order chi connectivity index (χ0) is 15.6. The van der Waals surface area contributed by atoms with E-state index in [-0.39, 0.29) is 17.9 Å². The quantitative estimate of drug-likeness (QED) is 0.931. The van der Waals surface area contributed by atoms with Crippen molar-refractivity contribution in [1.29, 1.82) is 0 Å². The van der Waals surface area contributed by atoms with Gasteiger partial charge in [-0.25, -0.2) is 0 Å². The van der Waals surface area contributed by atoms with E-state index in [0.29, 0.717) is 11.6 Å². The van der Waals surface area contributed by atoms with Gasteiger partial charge in [-0.2, -0.15) is 0 Å². The molecule has 0 aromatic heterocycles. The fourth-order valence-corrected chi connectivity index (χ4v) is 3.10. The standard InChI is InChI=1S/C17H24ClNO2/c1-12(20)13-5-4-10-19(11-13)16(21)17(2,3)14-6-8-15(18)9-7-14/h6-9,12-13,20H,4-5,10-11H2,1-3H3. The van der Waals surface area contributed by atoms with Crippen LogP contribution in [-0.2, 0) is 10.2 Å². The molecular formula is C17H24ClNO2. The van der Waals surface area contributed by atoms with Crippen LogP contribution < -0.4 is 0 Å². The van der Waals surface area contributed by atoms with E-state index < -0.39 is 5.41 Å². The highest BCUT2D eigenvalue weighted by Gasteiger charge is 2.36. The number of halogens is 1. The van der Waals surface area contributed by atoms with E-state index in [4.69, 9.17) is 11.6 Å². The zero-order valence-electron chi connectivity index (χ0n) is 13.0. The first kappa shape index (κ1) is 16.3. The highest BCUT2D eigenvalue weighted by atomic mass is 35.5. The summed E-state index contributed by atoms with van der Waals surface area (Å²) >= 11 is 5.92. The Morgan fingerprint density at radius 2 is 2.00 bits per heavy atom. The summed E-state index contributed by atoms with van der Waals surface area (Å²) < 4.78 is 0. The van der Waals surface area contributed by atoms with E-state index in [1.54, 1.807) is 0 Å². The third kappa shape index (κ3) is 3.58. The van der Waals surface area contributed by atoms with Crippen LogP contribution in [0.2, 0.25) is 5.02 Å². The van der Waals surface area contributed by atoms with Crippen molar-refractivity contribution in [2.24, 2.45) is 5.92 Å². The van der Waals surface area contributed by atoms with Crippen LogP contribution in [0.4, 0.5) is 0 Å². The van der Waals surface area contributed by atoms with Gasteiger partial charge in [0.25, 0.3) is 0 Å². The Morgan fingerprint density at radius 1 is 1.38 bits per heavy atom. The van der Waals surface area contributed by atoms with Crippen LogP contribution in [-0.4, -0.2) is 35.1 Å². The molecule has 1 heterocycles. The summed E-state index contributed by atoms with van der Waals surface area (Å²) in [6.45, 7) is 7.13. The lowest BCUT2D eigenvalue weighted by Gasteiger charge is -2.38. The number of benzene rings is 1. The zero-order valence-corrected chi connectivity index (χ0v) is 13.7. The van der Waals surface area contributed by atoms with E-state index in [1.165, 1.54) is 0 Å². The second kappa shape index (κ2) is 6.37. The maximum atomic E-state index is 12.9. The first-order chi connectivity index (χ1) is 9.82. The van der Waals surface area contributed by atoms with E-state index in [2.05, 4.69) is 0 Å². The molecule has 1 aliphatic heterocycles. The maximum absolute atomic E-state index is 12.9. The molecule has 0 saturated carbocycles. The number of aliphatic hydroxyl groups excluding tert-OH is 1. The van der Waals surface area contributed by atoms with Crippen molar-refractivity contribution in [2.75, 3.05) is 13.1 Å². The molecule has 116 valence electrons. The van der Waals surface area contributed by atoms with Crippen molar-refractivity contribution in [2.45, 2.75) is 45.1 Å². The van der Waals surface area contributed by atoms with Gasteiger partial charge in [-0.15, -0.1) is 0 Å². The van der Waals surface area contributed by atoms with Gasteiger partial charge in [-0.05, 0) is 51.3 Å². The van der Waals surface area contributed by atoms with Gasteiger partial charge in [0.15, 0.2) is 0 Å². The Hall–Kier alpha value is -1.06. The van der Waals surface area contributed by atoms with Crippen LogP contribution in [0.5, 0.6) is 0 Å². The Kier molecular flexibility index (Phi) is 4.95. The number of piperidine rings is 1. The average molecular weight is 310 g/mol. The van der Waals surface area contributed by atoms with E-state index in [9.17, 15) is 9.90 Å². The number of carbonyl (C=O) groups excluding carboxylic acids is 1. The number of aliphatic hydroxyl groups is 1. The van der Waals surface area contributed by atoms with Gasteiger partial charge in [0, 0.05) is 24.0 Å². The molecule has 1 aliphatic rings. The van der Waals surface area contributed by atoms with Crippen molar-refractivity contribution >= 4 is 17.5 Å². The van der Waals surface area contributed by atoms with Crippen LogP contribution in [0.15, 0.2) is 24.3 Å². The first-order valence-corrected chi connectivity index (χ1v) is 7.93. The van der Waals surface area contributed by atoms with Gasteiger partial charge >= 0.3 is 0 Å². The smallest absolute Gasteiger partial charge is 0.232 e. The lowest BCUT2D eigenvalue weighted by atomic mass is 9.82. The number of rotatable bonds is 3. The Morgan fingerprint density at radius 3 is 2.57 bits per heavy atom. The minimum atomic E-state index is -0.578. The van der Waals surface area contributed by atoms with Crippen molar-refractivity contribution in [3.63, 3.8) is 0 Å². The molecule has 1 saturated heterocycles. The third-order valence-corrected chi connectivity index (χ3v) is 4.78. The van der Waals surface area contributed by atoms with Crippen LogP contribution in [0.1, 0.15) is 39.2 Å². The van der Waals surface area contributed by atoms with Gasteiger partial charge in [0.05, 0.1) is 11.5 Å². The predicted molar refractivity (Wildman–Crippen MR) is 85.5 cm³/mol. The molecule has 0 aliphatic carbocycles. The Bertz CT molecular complexity index is 496. The lowest BCUT2D eigenvalue weighted by molar-refractivity contribution is -0.139. The number of likely N-dealkylation sites (tertiary alicyclic amines) is 1. The molecule has 0 spiro atoms. The summed E-state index contributed by atoms with van der Waals surface area (Å²) in [5.74, 6) is 0.305. The summed E-state index contributed by atoms with van der Waals surface area (Å²) in [5, 5.41) is 10.4. The van der Waals surface area contributed by atoms with Crippen molar-refractivity contribution in [3.8, 4) is 0 Å². The van der Waals surface area contributed by atoms with Crippen LogP contribution in [0.3, 0.4) is 0 Å². The average Bonchev–Trinajstić information content (AvgIpc) is 2.47. The fourth-order valence-electron chi connectivity index (χ4n) is 2.97. The lowest BCUT2D eigenvalue weighted by Crippen LogP contribution is -2.49. The minimum absolute atomic E-state index is 0.121. The van der Waals surface area contributed by atoms with Crippen LogP contribution >= 0.6 is 11.6 Å². The van der Waals surface area contributed by atoms with Crippen LogP contribution in [0, 0.1) is 5.92 Å². The van der Waals surface area contributed by atoms with Gasteiger partial charge < -0.3 is 10.0 Å². The molecule has 3 nitrogen and oxygen atoms in total. The molecule has 21 heavy (non-hydrogen) atoms. The Labute approximate surface area is 131 Å². The SMILES string of the molecule is CC(O)C1CCCN(C(=O)C(C)(C)c2ccc(Cl)cc2)C1. The predicted octanol–water partition coefficient (Wildman–Crippen LogP) is 3.24. The molecule has 1 amide bonds. The molecule has 1 aromatic carbocycles. The molecule has 0 radical (unpaired) electrons. The number of amides is 1. The highest BCUT2D eigenvalue weighted by Crippen LogP contribution is 2.29. The highest BCUT2D eigenvalue weighted by molar-refractivity contribution is 6.30. The number of carbonyl (C=O) groups is 1. The number of hydrogen-bond donors (Lipinski definition) is 1. The molecule has 2 unspecified atom stereocenters. The topological polar surface area (TPSA) is 40.5 Å². The molecule has 1 aromatic rings. The normalized spacial score (nSPS) is 21.2. The number of nitrogens with zero attached hydrogens (tertiary/aromatic N) is 1. The maximum Gasteiger partial charge on any atom is 0.232 e. The molecule has 2 atom stereocenters. The van der Waals surface area contributed by atoms with Crippen molar-refractivity contribution < 1.29 is 9.90 Å². The molecule has 1 N–H and O–H groups in total. The Balaban J connectivity index is 2.15. The monoisotopic (exact) mass is 309 g/mol. The van der Waals surface area contributed by atoms with Crippen molar-refractivity contribution in [1.82, 2.24) is 4.90 Å². The summed E-state index contributed by atoms with van der Waals surface area (Å²) in [7, 11) is 0. The minimum Gasteiger partial charge on any atom is -0.393 e. The second-order valence-electron chi connectivity index (χ2n) is 6.53. The summed E-state index contributed by atoms with van der Waals surface area (Å²) in [6.07, 6.45) is 1.58. The van der Waals surface area contributed by atoms with Gasteiger partial charge in [0.1, 0.15) is 0 Å². The van der Waals surface area contributed by atoms with E-state index >= 15 is 0 Å². The summed E-state index contributed by atoms with van der Waals surface area (Å²) in [6, 6.07) is 7.47. The van der Waals surface area contributed by atoms with Gasteiger partial charge in [0.2, 0.25) is 5.91 Å². The summed E-state index contributed by atoms with van der Waals surface area (Å²) in [5.41, 5.74) is 0.390. The van der Waals surface area contributed by atoms with Crippen LogP contribution in [0.25, 0.3) is 0 Å². The van der Waals surface area contributed by atoms with E-state index in [0.717, 1.165) is 24.9 Å². The largest absolute Gasteiger partial charge is 0.393 e.